The predicted molar refractivity (Wildman–Crippen MR) is 71.7 cm³/mol. The average Bonchev–Trinajstić information content (AvgIpc) is 3.15. The molecule has 7 heteroatoms. The fraction of sp³-hybridized carbons (Fsp3) is 0.600. The maximum atomic E-state index is 5.27. The van der Waals surface area contributed by atoms with Crippen molar-refractivity contribution in [1.29, 1.82) is 0 Å². The van der Waals surface area contributed by atoms with E-state index in [1.165, 1.54) is 12.8 Å². The second-order valence-electron chi connectivity index (χ2n) is 4.17. The highest BCUT2D eigenvalue weighted by Gasteiger charge is 2.25. The maximum Gasteiger partial charge on any atom is 0.239 e. The quantitative estimate of drug-likeness (QED) is 0.538. The van der Waals surface area contributed by atoms with Crippen LogP contribution in [0.1, 0.15) is 12.8 Å². The normalized spacial score (nSPS) is 15.1. The van der Waals surface area contributed by atoms with Crippen molar-refractivity contribution in [3.63, 3.8) is 0 Å². The fourth-order valence-electron chi connectivity index (χ4n) is 1.61. The summed E-state index contributed by atoms with van der Waals surface area (Å²) in [5.74, 6) is 6.44. The molecule has 0 saturated heterocycles. The van der Waals surface area contributed by atoms with E-state index in [2.05, 4.69) is 48.6 Å². The topological polar surface area (TPSA) is 79.1 Å². The summed E-state index contributed by atoms with van der Waals surface area (Å²) in [6.45, 7) is 1.86. The van der Waals surface area contributed by atoms with Crippen molar-refractivity contribution in [3.8, 4) is 0 Å². The third-order valence-electron chi connectivity index (χ3n) is 2.80. The van der Waals surface area contributed by atoms with Gasteiger partial charge < -0.3 is 10.2 Å². The summed E-state index contributed by atoms with van der Waals surface area (Å²) in [6, 6.07) is 0.784. The van der Waals surface area contributed by atoms with Crippen molar-refractivity contribution in [2.75, 3.05) is 30.9 Å². The molecule has 0 amide bonds. The van der Waals surface area contributed by atoms with E-state index in [0.29, 0.717) is 5.95 Å². The zero-order valence-electron chi connectivity index (χ0n) is 9.78. The van der Waals surface area contributed by atoms with Gasteiger partial charge in [0.25, 0.3) is 0 Å². The zero-order valence-corrected chi connectivity index (χ0v) is 11.4. The fourth-order valence-corrected chi connectivity index (χ4v) is 1.94. The van der Waals surface area contributed by atoms with Crippen LogP contribution in [0.25, 0.3) is 0 Å². The van der Waals surface area contributed by atoms with E-state index in [0.717, 1.165) is 29.4 Å². The van der Waals surface area contributed by atoms with E-state index in [4.69, 9.17) is 5.84 Å². The number of nitrogen functional groups attached to an aromatic ring is 1. The number of nitrogens with zero attached hydrogens (tertiary/aromatic N) is 3. The molecule has 0 bridgehead atoms. The molecule has 0 aromatic carbocycles. The van der Waals surface area contributed by atoms with E-state index < -0.39 is 0 Å². The Bertz CT molecular complexity index is 381. The first-order valence-corrected chi connectivity index (χ1v) is 6.43. The van der Waals surface area contributed by atoms with Crippen molar-refractivity contribution < 1.29 is 0 Å². The van der Waals surface area contributed by atoms with Crippen LogP contribution in [0.2, 0.25) is 0 Å². The van der Waals surface area contributed by atoms with Gasteiger partial charge >= 0.3 is 0 Å². The van der Waals surface area contributed by atoms with E-state index in [9.17, 15) is 0 Å². The van der Waals surface area contributed by atoms with Gasteiger partial charge in [0.1, 0.15) is 5.82 Å². The third-order valence-corrected chi connectivity index (χ3v) is 3.38. The second-order valence-corrected chi connectivity index (χ2v) is 5.03. The van der Waals surface area contributed by atoms with E-state index in [1.807, 2.05) is 0 Å². The average molecular weight is 301 g/mol. The number of hydrazine groups is 1. The minimum Gasteiger partial charge on any atom is -0.368 e. The van der Waals surface area contributed by atoms with Crippen molar-refractivity contribution in [3.05, 3.63) is 10.7 Å². The number of anilines is 2. The molecule has 1 aromatic rings. The number of nitrogens with two attached hydrogens (primary N) is 1. The van der Waals surface area contributed by atoms with Crippen LogP contribution in [0, 0.1) is 0 Å². The first-order valence-electron chi connectivity index (χ1n) is 5.64. The summed E-state index contributed by atoms with van der Waals surface area (Å²) in [4.78, 5) is 10.6. The lowest BCUT2D eigenvalue weighted by Gasteiger charge is -2.16. The van der Waals surface area contributed by atoms with Crippen molar-refractivity contribution >= 4 is 27.7 Å². The van der Waals surface area contributed by atoms with Gasteiger partial charge in [-0.3, -0.25) is 5.43 Å². The molecule has 1 heterocycles. The Labute approximate surface area is 109 Å². The van der Waals surface area contributed by atoms with Crippen LogP contribution in [-0.2, 0) is 0 Å². The first kappa shape index (κ1) is 12.5. The van der Waals surface area contributed by atoms with Crippen LogP contribution in [0.4, 0.5) is 11.8 Å². The Morgan fingerprint density at radius 1 is 1.59 bits per heavy atom. The Morgan fingerprint density at radius 2 is 2.35 bits per heavy atom. The Balaban J connectivity index is 1.84. The Kier molecular flexibility index (Phi) is 4.14. The molecule has 0 atom stereocenters. The second kappa shape index (κ2) is 5.61. The number of aromatic nitrogens is 2. The minimum absolute atomic E-state index is 0.409. The van der Waals surface area contributed by atoms with Gasteiger partial charge in [-0.2, -0.15) is 4.98 Å². The van der Waals surface area contributed by atoms with Crippen LogP contribution >= 0.6 is 15.9 Å². The first-order chi connectivity index (χ1) is 8.20. The summed E-state index contributed by atoms with van der Waals surface area (Å²) in [5, 5.41) is 3.27. The van der Waals surface area contributed by atoms with Gasteiger partial charge in [-0.15, -0.1) is 0 Å². The van der Waals surface area contributed by atoms with Crippen LogP contribution in [-0.4, -0.2) is 41.0 Å². The van der Waals surface area contributed by atoms with Crippen molar-refractivity contribution in [2.45, 2.75) is 18.9 Å². The number of hydrogen-bond acceptors (Lipinski definition) is 6. The molecule has 17 heavy (non-hydrogen) atoms. The van der Waals surface area contributed by atoms with E-state index in [-0.39, 0.29) is 0 Å². The highest BCUT2D eigenvalue weighted by Crippen LogP contribution is 2.25. The molecule has 4 N–H and O–H groups in total. The standard InChI is InChI=1S/C10H17BrN6/c1-17(7-2-3-7)5-4-13-9-8(11)6-14-10(15-9)16-12/h6-7H,2-5,12H2,1H3,(H2,13,14,15,16). The molecule has 6 nitrogen and oxygen atoms in total. The van der Waals surface area contributed by atoms with Gasteiger partial charge in [-0.05, 0) is 35.8 Å². The minimum atomic E-state index is 0.409. The summed E-state index contributed by atoms with van der Waals surface area (Å²) in [7, 11) is 2.15. The molecule has 2 rings (SSSR count). The largest absolute Gasteiger partial charge is 0.368 e. The van der Waals surface area contributed by atoms with Crippen LogP contribution < -0.4 is 16.6 Å². The molecule has 1 aliphatic rings. The Hall–Kier alpha value is -0.920. The summed E-state index contributed by atoms with van der Waals surface area (Å²) in [6.07, 6.45) is 4.33. The SMILES string of the molecule is CN(CCNc1nc(NN)ncc1Br)C1CC1. The maximum absolute atomic E-state index is 5.27. The molecule has 1 aromatic heterocycles. The van der Waals surface area contributed by atoms with Gasteiger partial charge in [0, 0.05) is 25.3 Å². The van der Waals surface area contributed by atoms with Crippen LogP contribution in [0.15, 0.2) is 10.7 Å². The number of likely N-dealkylation sites (N-methyl/N-ethyl adjacent to an activating group) is 1. The zero-order chi connectivity index (χ0) is 12.3. The lowest BCUT2D eigenvalue weighted by Crippen LogP contribution is -2.27. The van der Waals surface area contributed by atoms with Crippen LogP contribution in [0.3, 0.4) is 0 Å². The van der Waals surface area contributed by atoms with E-state index in [1.54, 1.807) is 6.20 Å². The third kappa shape index (κ3) is 3.52. The number of hydrogen-bond donors (Lipinski definition) is 3. The van der Waals surface area contributed by atoms with Gasteiger partial charge in [-0.1, -0.05) is 0 Å². The lowest BCUT2D eigenvalue weighted by atomic mass is 10.5. The molecule has 0 aliphatic heterocycles. The molecular weight excluding hydrogens is 284 g/mol. The van der Waals surface area contributed by atoms with Crippen LogP contribution in [0.5, 0.6) is 0 Å². The molecule has 0 unspecified atom stereocenters. The molecule has 94 valence electrons. The van der Waals surface area contributed by atoms with Gasteiger partial charge in [0.15, 0.2) is 0 Å². The smallest absolute Gasteiger partial charge is 0.239 e. The van der Waals surface area contributed by atoms with Crippen molar-refractivity contribution in [1.82, 2.24) is 14.9 Å². The van der Waals surface area contributed by atoms with Gasteiger partial charge in [0.2, 0.25) is 5.95 Å². The molecular formula is C10H17BrN6. The molecule has 1 aliphatic carbocycles. The lowest BCUT2D eigenvalue weighted by molar-refractivity contribution is 0.337. The molecule has 1 fully saturated rings. The number of nitrogens with one attached hydrogen (secondary N) is 2. The molecule has 0 spiro atoms. The van der Waals surface area contributed by atoms with Crippen molar-refractivity contribution in [2.24, 2.45) is 5.84 Å². The monoisotopic (exact) mass is 300 g/mol. The summed E-state index contributed by atoms with van der Waals surface area (Å²) in [5.41, 5.74) is 2.43. The highest BCUT2D eigenvalue weighted by atomic mass is 79.9. The van der Waals surface area contributed by atoms with E-state index >= 15 is 0 Å². The van der Waals surface area contributed by atoms with Gasteiger partial charge in [0.05, 0.1) is 4.47 Å². The summed E-state index contributed by atoms with van der Waals surface area (Å²) < 4.78 is 0.838. The Morgan fingerprint density at radius 3 is 3.00 bits per heavy atom. The molecule has 1 saturated carbocycles. The van der Waals surface area contributed by atoms with Gasteiger partial charge in [-0.25, -0.2) is 10.8 Å². The number of rotatable bonds is 6. The summed E-state index contributed by atoms with van der Waals surface area (Å²) >= 11 is 3.40. The number of halogens is 1. The highest BCUT2D eigenvalue weighted by molar-refractivity contribution is 9.10. The predicted octanol–water partition coefficient (Wildman–Crippen LogP) is 1.03. The molecule has 0 radical (unpaired) electrons.